The molecule has 0 bridgehead atoms. The highest BCUT2D eigenvalue weighted by Gasteiger charge is 2.22. The number of hydrogen-bond donors (Lipinski definition) is 0. The van der Waals surface area contributed by atoms with Crippen LogP contribution in [-0.4, -0.2) is 14.4 Å². The van der Waals surface area contributed by atoms with E-state index in [9.17, 15) is 0 Å². The van der Waals surface area contributed by atoms with Crippen LogP contribution in [0, 0.1) is 5.92 Å². The summed E-state index contributed by atoms with van der Waals surface area (Å²) in [7, 11) is 0. The van der Waals surface area contributed by atoms with E-state index in [0.717, 1.165) is 5.92 Å². The molecule has 0 atom stereocenters. The van der Waals surface area contributed by atoms with Crippen LogP contribution in [0.5, 0.6) is 0 Å². The van der Waals surface area contributed by atoms with Gasteiger partial charge in [0.15, 0.2) is 0 Å². The Morgan fingerprint density at radius 2 is 2.06 bits per heavy atom. The van der Waals surface area contributed by atoms with E-state index in [1.165, 1.54) is 36.9 Å². The Labute approximate surface area is 95.5 Å². The maximum atomic E-state index is 4.57. The second-order valence-electron chi connectivity index (χ2n) is 4.96. The Morgan fingerprint density at radius 3 is 2.88 bits per heavy atom. The molecule has 1 aliphatic carbocycles. The van der Waals surface area contributed by atoms with Crippen molar-refractivity contribution in [3.8, 4) is 0 Å². The Bertz CT molecular complexity index is 481. The van der Waals surface area contributed by atoms with Crippen molar-refractivity contribution in [1.29, 1.82) is 0 Å². The molecule has 0 aromatic carbocycles. The molecule has 16 heavy (non-hydrogen) atoms. The lowest BCUT2D eigenvalue weighted by Crippen LogP contribution is -2.11. The lowest BCUT2D eigenvalue weighted by atomic mass is 9.81. The van der Waals surface area contributed by atoms with Crippen LogP contribution in [0.1, 0.15) is 44.2 Å². The van der Waals surface area contributed by atoms with Gasteiger partial charge in [0.25, 0.3) is 0 Å². The largest absolute Gasteiger partial charge is 0.303 e. The minimum atomic E-state index is 0.644. The summed E-state index contributed by atoms with van der Waals surface area (Å²) in [5.41, 5.74) is 2.43. The van der Waals surface area contributed by atoms with Gasteiger partial charge in [0.1, 0.15) is 0 Å². The van der Waals surface area contributed by atoms with Crippen LogP contribution in [0.3, 0.4) is 0 Å². The number of hydrogen-bond acceptors (Lipinski definition) is 2. The van der Waals surface area contributed by atoms with Gasteiger partial charge in [-0.2, -0.15) is 0 Å². The van der Waals surface area contributed by atoms with Gasteiger partial charge in [-0.25, -0.2) is 4.98 Å². The van der Waals surface area contributed by atoms with Gasteiger partial charge in [0, 0.05) is 18.3 Å². The lowest BCUT2D eigenvalue weighted by molar-refractivity contribution is 0.345. The molecular formula is C13H17N3. The maximum absolute atomic E-state index is 4.57. The van der Waals surface area contributed by atoms with Gasteiger partial charge in [0.05, 0.1) is 23.7 Å². The van der Waals surface area contributed by atoms with Crippen LogP contribution in [0.2, 0.25) is 0 Å². The van der Waals surface area contributed by atoms with E-state index in [4.69, 9.17) is 0 Å². The fourth-order valence-electron chi connectivity index (χ4n) is 2.71. The zero-order chi connectivity index (χ0) is 11.0. The first-order valence-corrected chi connectivity index (χ1v) is 6.11. The van der Waals surface area contributed by atoms with Crippen LogP contribution in [-0.2, 0) is 0 Å². The summed E-state index contributed by atoms with van der Waals surface area (Å²) < 4.78 is 2.07. The Balaban J connectivity index is 1.94. The standard InChI is InChI=1S/C13H17N3/c1-10-2-4-11(5-3-10)13-12-8-14-6-7-16(12)9-15-13/h6-11H,2-5H2,1H3. The molecule has 3 nitrogen and oxygen atoms in total. The molecule has 84 valence electrons. The second-order valence-corrected chi connectivity index (χ2v) is 4.96. The summed E-state index contributed by atoms with van der Waals surface area (Å²) in [4.78, 5) is 8.76. The van der Waals surface area contributed by atoms with Crippen molar-refractivity contribution in [1.82, 2.24) is 14.4 Å². The molecule has 1 fully saturated rings. The van der Waals surface area contributed by atoms with Crippen LogP contribution in [0.4, 0.5) is 0 Å². The topological polar surface area (TPSA) is 30.2 Å². The molecule has 0 N–H and O–H groups in total. The van der Waals surface area contributed by atoms with Crippen molar-refractivity contribution in [2.75, 3.05) is 0 Å². The number of nitrogens with zero attached hydrogens (tertiary/aromatic N) is 3. The van der Waals surface area contributed by atoms with Crippen molar-refractivity contribution in [2.24, 2.45) is 5.92 Å². The minimum absolute atomic E-state index is 0.644. The molecule has 0 unspecified atom stereocenters. The fourth-order valence-corrected chi connectivity index (χ4v) is 2.71. The van der Waals surface area contributed by atoms with Crippen molar-refractivity contribution in [2.45, 2.75) is 38.5 Å². The molecule has 2 aromatic rings. The van der Waals surface area contributed by atoms with Gasteiger partial charge in [-0.1, -0.05) is 19.8 Å². The first kappa shape index (κ1) is 9.82. The highest BCUT2D eigenvalue weighted by Crippen LogP contribution is 2.36. The van der Waals surface area contributed by atoms with E-state index in [-0.39, 0.29) is 0 Å². The zero-order valence-electron chi connectivity index (χ0n) is 9.63. The predicted octanol–water partition coefficient (Wildman–Crippen LogP) is 3.02. The lowest BCUT2D eigenvalue weighted by Gasteiger charge is -2.24. The van der Waals surface area contributed by atoms with Crippen molar-refractivity contribution < 1.29 is 0 Å². The zero-order valence-corrected chi connectivity index (χ0v) is 9.63. The molecule has 2 aromatic heterocycles. The van der Waals surface area contributed by atoms with E-state index in [0.29, 0.717) is 5.92 Å². The predicted molar refractivity (Wildman–Crippen MR) is 63.4 cm³/mol. The second kappa shape index (κ2) is 3.89. The smallest absolute Gasteiger partial charge is 0.0996 e. The Kier molecular flexibility index (Phi) is 2.39. The van der Waals surface area contributed by atoms with Gasteiger partial charge in [-0.3, -0.25) is 4.98 Å². The van der Waals surface area contributed by atoms with E-state index in [1.54, 1.807) is 6.20 Å². The van der Waals surface area contributed by atoms with Crippen molar-refractivity contribution in [3.63, 3.8) is 0 Å². The van der Waals surface area contributed by atoms with Crippen LogP contribution >= 0.6 is 0 Å². The SMILES string of the molecule is CC1CCC(c2ncn3ccncc23)CC1. The summed E-state index contributed by atoms with van der Waals surface area (Å²) in [5, 5.41) is 0. The van der Waals surface area contributed by atoms with Crippen molar-refractivity contribution >= 4 is 5.52 Å². The molecule has 1 saturated carbocycles. The third-order valence-corrected chi connectivity index (χ3v) is 3.77. The summed E-state index contributed by atoms with van der Waals surface area (Å²) in [6.07, 6.45) is 12.9. The molecule has 0 amide bonds. The summed E-state index contributed by atoms with van der Waals surface area (Å²) in [6, 6.07) is 0. The minimum Gasteiger partial charge on any atom is -0.303 e. The average Bonchev–Trinajstić information content (AvgIpc) is 2.74. The molecule has 0 spiro atoms. The molecule has 2 heterocycles. The Hall–Kier alpha value is -1.38. The number of rotatable bonds is 1. The molecule has 0 saturated heterocycles. The van der Waals surface area contributed by atoms with Gasteiger partial charge in [-0.05, 0) is 18.8 Å². The number of fused-ring (bicyclic) bond motifs is 1. The molecule has 0 radical (unpaired) electrons. The van der Waals surface area contributed by atoms with E-state index in [1.807, 2.05) is 18.7 Å². The third-order valence-electron chi connectivity index (χ3n) is 3.77. The summed E-state index contributed by atoms with van der Waals surface area (Å²) in [5.74, 6) is 1.54. The fraction of sp³-hybridized carbons (Fsp3) is 0.538. The molecular weight excluding hydrogens is 198 g/mol. The van der Waals surface area contributed by atoms with Gasteiger partial charge in [0.2, 0.25) is 0 Å². The maximum Gasteiger partial charge on any atom is 0.0996 e. The van der Waals surface area contributed by atoms with Gasteiger partial charge < -0.3 is 4.40 Å². The number of imidazole rings is 1. The van der Waals surface area contributed by atoms with Gasteiger partial charge in [-0.15, -0.1) is 0 Å². The summed E-state index contributed by atoms with van der Waals surface area (Å²) >= 11 is 0. The first-order valence-electron chi connectivity index (χ1n) is 6.11. The molecule has 1 aliphatic rings. The highest BCUT2D eigenvalue weighted by atomic mass is 15.0. The van der Waals surface area contributed by atoms with E-state index in [2.05, 4.69) is 21.3 Å². The van der Waals surface area contributed by atoms with E-state index < -0.39 is 0 Å². The Morgan fingerprint density at radius 1 is 1.25 bits per heavy atom. The van der Waals surface area contributed by atoms with E-state index >= 15 is 0 Å². The van der Waals surface area contributed by atoms with Crippen LogP contribution in [0.25, 0.3) is 5.52 Å². The molecule has 3 heteroatoms. The first-order chi connectivity index (χ1) is 7.84. The number of aromatic nitrogens is 3. The highest BCUT2D eigenvalue weighted by molar-refractivity contribution is 5.51. The normalized spacial score (nSPS) is 26.1. The summed E-state index contributed by atoms with van der Waals surface area (Å²) in [6.45, 7) is 2.35. The monoisotopic (exact) mass is 215 g/mol. The quantitative estimate of drug-likeness (QED) is 0.732. The average molecular weight is 215 g/mol. The molecule has 0 aliphatic heterocycles. The third kappa shape index (κ3) is 1.60. The van der Waals surface area contributed by atoms with Gasteiger partial charge >= 0.3 is 0 Å². The van der Waals surface area contributed by atoms with Crippen molar-refractivity contribution in [3.05, 3.63) is 30.6 Å². The van der Waals surface area contributed by atoms with Crippen LogP contribution in [0.15, 0.2) is 24.9 Å². The van der Waals surface area contributed by atoms with Crippen LogP contribution < -0.4 is 0 Å². The molecule has 3 rings (SSSR count).